The van der Waals surface area contributed by atoms with Crippen molar-refractivity contribution >= 4 is 17.4 Å². The monoisotopic (exact) mass is 308 g/mol. The lowest BCUT2D eigenvalue weighted by molar-refractivity contribution is 0.0996. The van der Waals surface area contributed by atoms with Crippen LogP contribution < -0.4 is 10.6 Å². The minimum absolute atomic E-state index is 0.0823. The van der Waals surface area contributed by atoms with E-state index in [9.17, 15) is 9.59 Å². The number of benzene rings is 2. The Balaban J connectivity index is 1.82. The molecule has 0 spiro atoms. The van der Waals surface area contributed by atoms with E-state index >= 15 is 0 Å². The molecule has 2 aromatic carbocycles. The molecule has 23 heavy (non-hydrogen) atoms. The zero-order chi connectivity index (χ0) is 16.4. The highest BCUT2D eigenvalue weighted by Gasteiger charge is 2.18. The van der Waals surface area contributed by atoms with Gasteiger partial charge < -0.3 is 10.6 Å². The van der Waals surface area contributed by atoms with Crippen LogP contribution in [0.1, 0.15) is 45.2 Å². The van der Waals surface area contributed by atoms with Gasteiger partial charge in [-0.25, -0.2) is 0 Å². The quantitative estimate of drug-likeness (QED) is 0.883. The molecule has 1 aliphatic rings. The molecule has 1 aliphatic heterocycles. The van der Waals surface area contributed by atoms with Crippen LogP contribution in [0.5, 0.6) is 0 Å². The van der Waals surface area contributed by atoms with Crippen LogP contribution in [0.2, 0.25) is 0 Å². The number of ketones is 1. The van der Waals surface area contributed by atoms with Crippen LogP contribution in [-0.2, 0) is 13.0 Å². The number of nitrogens with two attached hydrogens (primary N) is 1. The highest BCUT2D eigenvalue weighted by atomic mass is 16.1. The third-order valence-corrected chi connectivity index (χ3v) is 4.31. The second kappa shape index (κ2) is 6.24. The van der Waals surface area contributed by atoms with Gasteiger partial charge in [-0.15, -0.1) is 0 Å². The number of Topliss-reactive ketones (excluding diaryl/α,β-unsaturated/α-hetero) is 1. The number of hydrogen-bond donors (Lipinski definition) is 1. The van der Waals surface area contributed by atoms with E-state index in [1.165, 1.54) is 11.1 Å². The predicted octanol–water partition coefficient (Wildman–Crippen LogP) is 2.94. The molecule has 0 bridgehead atoms. The molecule has 0 radical (unpaired) electrons. The normalized spacial score (nSPS) is 13.5. The van der Waals surface area contributed by atoms with E-state index in [0.29, 0.717) is 5.56 Å². The van der Waals surface area contributed by atoms with E-state index in [1.807, 2.05) is 36.4 Å². The molecule has 118 valence electrons. The Labute approximate surface area is 135 Å². The Morgan fingerprint density at radius 1 is 1.09 bits per heavy atom. The minimum Gasteiger partial charge on any atom is -0.367 e. The van der Waals surface area contributed by atoms with Gasteiger partial charge in [0.15, 0.2) is 5.78 Å². The van der Waals surface area contributed by atoms with E-state index in [0.717, 1.165) is 37.2 Å². The van der Waals surface area contributed by atoms with Gasteiger partial charge in [-0.2, -0.15) is 0 Å². The van der Waals surface area contributed by atoms with Crippen molar-refractivity contribution in [3.05, 3.63) is 64.7 Å². The minimum atomic E-state index is -0.384. The molecule has 0 aromatic heterocycles. The van der Waals surface area contributed by atoms with Crippen molar-refractivity contribution < 1.29 is 9.59 Å². The van der Waals surface area contributed by atoms with Gasteiger partial charge in [0.25, 0.3) is 0 Å². The third kappa shape index (κ3) is 3.26. The van der Waals surface area contributed by atoms with Gasteiger partial charge in [-0.3, -0.25) is 9.59 Å². The molecule has 0 atom stereocenters. The van der Waals surface area contributed by atoms with Crippen LogP contribution in [0.3, 0.4) is 0 Å². The van der Waals surface area contributed by atoms with Gasteiger partial charge >= 0.3 is 0 Å². The van der Waals surface area contributed by atoms with Crippen LogP contribution in [0.15, 0.2) is 42.5 Å². The summed E-state index contributed by atoms with van der Waals surface area (Å²) in [4.78, 5) is 25.0. The summed E-state index contributed by atoms with van der Waals surface area (Å²) in [5, 5.41) is 0. The molecular weight excluding hydrogens is 288 g/mol. The van der Waals surface area contributed by atoms with E-state index in [2.05, 4.69) is 4.90 Å². The van der Waals surface area contributed by atoms with Gasteiger partial charge in [0.1, 0.15) is 0 Å². The smallest absolute Gasteiger partial charge is 0.248 e. The van der Waals surface area contributed by atoms with Gasteiger partial charge in [-0.1, -0.05) is 24.3 Å². The fourth-order valence-corrected chi connectivity index (χ4v) is 3.06. The Morgan fingerprint density at radius 2 is 1.78 bits per heavy atom. The number of carbonyl (C=O) groups is 2. The fraction of sp³-hybridized carbons (Fsp3) is 0.263. The number of carbonyl (C=O) groups excluding carboxylic acids is 2. The first-order valence-electron chi connectivity index (χ1n) is 7.82. The average Bonchev–Trinajstić information content (AvgIpc) is 2.55. The standard InChI is InChI=1S/C19H20N2O2/c1-13(22)15-6-4-14(5-7-15)12-21-10-2-3-16-11-17(19(20)23)8-9-18(16)21/h4-9,11H,2-3,10,12H2,1H3,(H2,20,23). The maximum atomic E-state index is 11.3. The van der Waals surface area contributed by atoms with E-state index in [-0.39, 0.29) is 11.7 Å². The largest absolute Gasteiger partial charge is 0.367 e. The predicted molar refractivity (Wildman–Crippen MR) is 90.8 cm³/mol. The van der Waals surface area contributed by atoms with Crippen LogP contribution in [0.4, 0.5) is 5.69 Å². The summed E-state index contributed by atoms with van der Waals surface area (Å²) in [5.41, 5.74) is 10.2. The van der Waals surface area contributed by atoms with E-state index in [1.54, 1.807) is 13.0 Å². The first kappa shape index (κ1) is 15.3. The third-order valence-electron chi connectivity index (χ3n) is 4.31. The second-order valence-corrected chi connectivity index (χ2v) is 5.99. The fourth-order valence-electron chi connectivity index (χ4n) is 3.06. The molecule has 2 N–H and O–H groups in total. The van der Waals surface area contributed by atoms with Crippen molar-refractivity contribution in [1.29, 1.82) is 0 Å². The van der Waals surface area contributed by atoms with Gasteiger partial charge in [-0.05, 0) is 49.1 Å². The molecule has 1 heterocycles. The van der Waals surface area contributed by atoms with Gasteiger partial charge in [0.05, 0.1) is 0 Å². The van der Waals surface area contributed by atoms with Crippen molar-refractivity contribution in [2.24, 2.45) is 5.73 Å². The maximum Gasteiger partial charge on any atom is 0.248 e. The molecule has 1 amide bonds. The van der Waals surface area contributed by atoms with Crippen molar-refractivity contribution in [3.63, 3.8) is 0 Å². The van der Waals surface area contributed by atoms with E-state index < -0.39 is 0 Å². The number of anilines is 1. The molecule has 0 unspecified atom stereocenters. The zero-order valence-corrected chi connectivity index (χ0v) is 13.2. The van der Waals surface area contributed by atoms with E-state index in [4.69, 9.17) is 5.73 Å². The molecule has 4 heteroatoms. The lowest BCUT2D eigenvalue weighted by atomic mass is 9.98. The molecule has 0 saturated carbocycles. The van der Waals surface area contributed by atoms with Crippen molar-refractivity contribution in [1.82, 2.24) is 0 Å². The number of fused-ring (bicyclic) bond motifs is 1. The Kier molecular flexibility index (Phi) is 4.15. The second-order valence-electron chi connectivity index (χ2n) is 5.99. The lowest BCUT2D eigenvalue weighted by Crippen LogP contribution is -2.29. The Hall–Kier alpha value is -2.62. The molecule has 0 fully saturated rings. The van der Waals surface area contributed by atoms with Crippen LogP contribution in [0, 0.1) is 0 Å². The highest BCUT2D eigenvalue weighted by Crippen LogP contribution is 2.29. The number of amides is 1. The molecule has 0 saturated heterocycles. The first-order chi connectivity index (χ1) is 11.0. The molecule has 0 aliphatic carbocycles. The number of rotatable bonds is 4. The first-order valence-corrected chi connectivity index (χ1v) is 7.82. The molecule has 4 nitrogen and oxygen atoms in total. The van der Waals surface area contributed by atoms with Gasteiger partial charge in [0, 0.05) is 29.9 Å². The van der Waals surface area contributed by atoms with Gasteiger partial charge in [0.2, 0.25) is 5.91 Å². The van der Waals surface area contributed by atoms with Crippen LogP contribution in [-0.4, -0.2) is 18.2 Å². The number of hydrogen-bond acceptors (Lipinski definition) is 3. The van der Waals surface area contributed by atoms with Crippen LogP contribution in [0.25, 0.3) is 0 Å². The summed E-state index contributed by atoms with van der Waals surface area (Å²) >= 11 is 0. The number of primary amides is 1. The molecular formula is C19H20N2O2. The Bertz CT molecular complexity index is 750. The molecule has 2 aromatic rings. The maximum absolute atomic E-state index is 11.3. The van der Waals surface area contributed by atoms with Crippen LogP contribution >= 0.6 is 0 Å². The number of nitrogens with zero attached hydrogens (tertiary/aromatic N) is 1. The summed E-state index contributed by atoms with van der Waals surface area (Å²) < 4.78 is 0. The SMILES string of the molecule is CC(=O)c1ccc(CN2CCCc3cc(C(N)=O)ccc32)cc1. The summed E-state index contributed by atoms with van der Waals surface area (Å²) in [7, 11) is 0. The average molecular weight is 308 g/mol. The summed E-state index contributed by atoms with van der Waals surface area (Å²) in [6.07, 6.45) is 2.02. The summed E-state index contributed by atoms with van der Waals surface area (Å²) in [6, 6.07) is 13.4. The highest BCUT2D eigenvalue weighted by molar-refractivity contribution is 5.94. The van der Waals surface area contributed by atoms with Crippen molar-refractivity contribution in [3.8, 4) is 0 Å². The lowest BCUT2D eigenvalue weighted by Gasteiger charge is -2.31. The zero-order valence-electron chi connectivity index (χ0n) is 13.2. The summed E-state index contributed by atoms with van der Waals surface area (Å²) in [6.45, 7) is 3.35. The van der Waals surface area contributed by atoms with Crippen molar-refractivity contribution in [2.75, 3.05) is 11.4 Å². The molecule has 3 rings (SSSR count). The number of aryl methyl sites for hydroxylation is 1. The summed E-state index contributed by atoms with van der Waals surface area (Å²) in [5.74, 6) is -0.302. The Morgan fingerprint density at radius 3 is 2.43 bits per heavy atom. The topological polar surface area (TPSA) is 63.4 Å². The van der Waals surface area contributed by atoms with Crippen molar-refractivity contribution in [2.45, 2.75) is 26.3 Å².